The van der Waals surface area contributed by atoms with Crippen LogP contribution in [0.25, 0.3) is 16.5 Å². The zero-order valence-electron chi connectivity index (χ0n) is 17.3. The Labute approximate surface area is 190 Å². The number of esters is 1. The number of halogens is 2. The van der Waals surface area contributed by atoms with Crippen molar-refractivity contribution in [2.75, 3.05) is 11.9 Å². The van der Waals surface area contributed by atoms with E-state index in [1.807, 2.05) is 0 Å². The van der Waals surface area contributed by atoms with Crippen molar-refractivity contribution in [3.05, 3.63) is 87.2 Å². The van der Waals surface area contributed by atoms with Crippen LogP contribution in [0.5, 0.6) is 0 Å². The minimum absolute atomic E-state index is 0.0400. The first-order valence-electron chi connectivity index (χ1n) is 9.89. The van der Waals surface area contributed by atoms with Crippen LogP contribution in [-0.4, -0.2) is 28.3 Å². The predicted molar refractivity (Wildman–Crippen MR) is 120 cm³/mol. The van der Waals surface area contributed by atoms with Gasteiger partial charge >= 0.3 is 5.97 Å². The molecule has 1 amide bonds. The number of anilines is 1. The average molecular weight is 469 g/mol. The van der Waals surface area contributed by atoms with E-state index in [2.05, 4.69) is 10.4 Å². The molecular formula is C23H17F2N3O4S. The van der Waals surface area contributed by atoms with E-state index in [1.165, 1.54) is 36.4 Å². The summed E-state index contributed by atoms with van der Waals surface area (Å²) in [4.78, 5) is 38.4. The number of hydrogen-bond donors (Lipinski definition) is 1. The number of hydrogen-bond acceptors (Lipinski definition) is 6. The number of nitrogens with zero attached hydrogens (tertiary/aromatic N) is 2. The molecule has 10 heteroatoms. The summed E-state index contributed by atoms with van der Waals surface area (Å²) < 4.78 is 32.5. The molecule has 2 aromatic carbocycles. The van der Waals surface area contributed by atoms with Crippen molar-refractivity contribution in [1.29, 1.82) is 0 Å². The number of thiophene rings is 1. The van der Waals surface area contributed by atoms with Crippen LogP contribution in [0.1, 0.15) is 23.0 Å². The van der Waals surface area contributed by atoms with Gasteiger partial charge in [0.1, 0.15) is 16.6 Å². The molecule has 0 saturated heterocycles. The molecular weight excluding hydrogens is 452 g/mol. The van der Waals surface area contributed by atoms with Crippen LogP contribution in [0.2, 0.25) is 0 Å². The van der Waals surface area contributed by atoms with Gasteiger partial charge in [0.15, 0.2) is 5.69 Å². The summed E-state index contributed by atoms with van der Waals surface area (Å²) in [6.45, 7) is 1.74. The van der Waals surface area contributed by atoms with Gasteiger partial charge in [0.2, 0.25) is 5.91 Å². The van der Waals surface area contributed by atoms with E-state index in [9.17, 15) is 23.2 Å². The van der Waals surface area contributed by atoms with Gasteiger partial charge in [-0.15, -0.1) is 11.3 Å². The lowest BCUT2D eigenvalue weighted by molar-refractivity contribution is -0.115. The summed E-state index contributed by atoms with van der Waals surface area (Å²) in [5.41, 5.74) is 0.130. The lowest BCUT2D eigenvalue weighted by atomic mass is 10.1. The van der Waals surface area contributed by atoms with Crippen LogP contribution in [0.4, 0.5) is 13.8 Å². The lowest BCUT2D eigenvalue weighted by Crippen LogP contribution is -2.25. The number of rotatable bonds is 6. The molecule has 2 heterocycles. The molecule has 0 spiro atoms. The fraction of sp³-hybridized carbons (Fsp3) is 0.130. The minimum Gasteiger partial charge on any atom is -0.461 e. The van der Waals surface area contributed by atoms with Gasteiger partial charge in [-0.3, -0.25) is 9.59 Å². The van der Waals surface area contributed by atoms with Crippen molar-refractivity contribution in [3.63, 3.8) is 0 Å². The maximum absolute atomic E-state index is 13.4. The molecule has 0 aliphatic rings. The van der Waals surface area contributed by atoms with E-state index in [0.717, 1.165) is 28.2 Å². The molecule has 2 aromatic heterocycles. The Hall–Kier alpha value is -3.92. The molecule has 1 N–H and O–H groups in total. The van der Waals surface area contributed by atoms with Crippen LogP contribution < -0.4 is 10.9 Å². The van der Waals surface area contributed by atoms with Crippen molar-refractivity contribution in [3.8, 4) is 5.69 Å². The summed E-state index contributed by atoms with van der Waals surface area (Å²) >= 11 is 1.06. The molecule has 0 aliphatic heterocycles. The minimum atomic E-state index is -0.736. The van der Waals surface area contributed by atoms with Gasteiger partial charge in [0, 0.05) is 10.8 Å². The lowest BCUT2D eigenvalue weighted by Gasteiger charge is -2.10. The van der Waals surface area contributed by atoms with Crippen molar-refractivity contribution < 1.29 is 23.1 Å². The van der Waals surface area contributed by atoms with Gasteiger partial charge in [-0.25, -0.2) is 13.6 Å². The largest absolute Gasteiger partial charge is 0.461 e. The summed E-state index contributed by atoms with van der Waals surface area (Å²) in [7, 11) is 0. The van der Waals surface area contributed by atoms with Crippen molar-refractivity contribution in [2.45, 2.75) is 13.3 Å². The molecule has 7 nitrogen and oxygen atoms in total. The number of ether oxygens (including phenoxy) is 1. The molecule has 0 atom stereocenters. The molecule has 0 fully saturated rings. The van der Waals surface area contributed by atoms with Gasteiger partial charge in [0.25, 0.3) is 5.56 Å². The summed E-state index contributed by atoms with van der Waals surface area (Å²) in [5, 5.41) is 8.92. The maximum atomic E-state index is 13.4. The molecule has 4 aromatic rings. The first kappa shape index (κ1) is 22.3. The monoisotopic (exact) mass is 469 g/mol. The highest BCUT2D eigenvalue weighted by molar-refractivity contribution is 7.16. The first-order valence-corrected chi connectivity index (χ1v) is 10.8. The highest BCUT2D eigenvalue weighted by Crippen LogP contribution is 2.30. The number of amides is 1. The Kier molecular flexibility index (Phi) is 6.27. The van der Waals surface area contributed by atoms with E-state index in [4.69, 9.17) is 4.74 Å². The number of benzene rings is 2. The van der Waals surface area contributed by atoms with E-state index in [-0.39, 0.29) is 40.2 Å². The Bertz CT molecular complexity index is 1400. The third-order valence-electron chi connectivity index (χ3n) is 4.72. The third-order valence-corrected chi connectivity index (χ3v) is 5.62. The Morgan fingerprint density at radius 1 is 1.06 bits per heavy atom. The molecule has 0 saturated carbocycles. The first-order chi connectivity index (χ1) is 15.9. The summed E-state index contributed by atoms with van der Waals surface area (Å²) in [6, 6.07) is 10.5. The van der Waals surface area contributed by atoms with Crippen molar-refractivity contribution in [2.24, 2.45) is 0 Å². The third kappa shape index (κ3) is 4.65. The van der Waals surface area contributed by atoms with Gasteiger partial charge < -0.3 is 10.1 Å². The summed E-state index contributed by atoms with van der Waals surface area (Å²) in [6.07, 6.45) is -0.0400. The smallest absolute Gasteiger partial charge is 0.359 e. The normalized spacial score (nSPS) is 10.9. The average Bonchev–Trinajstić information content (AvgIpc) is 3.20. The van der Waals surface area contributed by atoms with E-state index < -0.39 is 29.1 Å². The number of carbonyl (C=O) groups excluding carboxylic acids is 2. The number of aromatic nitrogens is 2. The van der Waals surface area contributed by atoms with E-state index in [0.29, 0.717) is 5.56 Å². The van der Waals surface area contributed by atoms with Crippen LogP contribution >= 0.6 is 11.3 Å². The molecule has 0 bridgehead atoms. The van der Waals surface area contributed by atoms with Crippen LogP contribution in [0.15, 0.2) is 58.7 Å². The van der Waals surface area contributed by atoms with Crippen molar-refractivity contribution >= 4 is 39.0 Å². The molecule has 33 heavy (non-hydrogen) atoms. The van der Waals surface area contributed by atoms with Crippen LogP contribution in [-0.2, 0) is 16.0 Å². The van der Waals surface area contributed by atoms with Gasteiger partial charge in [-0.05, 0) is 48.9 Å². The highest BCUT2D eigenvalue weighted by atomic mass is 32.1. The zero-order valence-corrected chi connectivity index (χ0v) is 18.1. The van der Waals surface area contributed by atoms with Crippen LogP contribution in [0, 0.1) is 11.6 Å². The van der Waals surface area contributed by atoms with E-state index in [1.54, 1.807) is 12.3 Å². The highest BCUT2D eigenvalue weighted by Gasteiger charge is 2.23. The molecule has 0 unspecified atom stereocenters. The fourth-order valence-corrected chi connectivity index (χ4v) is 4.16. The topological polar surface area (TPSA) is 90.3 Å². The number of nitrogens with one attached hydrogen (secondary N) is 1. The predicted octanol–water partition coefficient (Wildman–Crippen LogP) is 4.08. The van der Waals surface area contributed by atoms with Crippen molar-refractivity contribution in [1.82, 2.24) is 9.78 Å². The summed E-state index contributed by atoms with van der Waals surface area (Å²) in [5.74, 6) is -2.07. The molecule has 0 radical (unpaired) electrons. The maximum Gasteiger partial charge on any atom is 0.359 e. The van der Waals surface area contributed by atoms with E-state index >= 15 is 0 Å². The fourth-order valence-electron chi connectivity index (χ4n) is 3.21. The second-order valence-corrected chi connectivity index (χ2v) is 7.85. The Balaban J connectivity index is 1.78. The number of carbonyl (C=O) groups is 2. The van der Waals surface area contributed by atoms with Crippen LogP contribution in [0.3, 0.4) is 0 Å². The second kappa shape index (κ2) is 9.29. The van der Waals surface area contributed by atoms with Gasteiger partial charge in [-0.2, -0.15) is 9.78 Å². The van der Waals surface area contributed by atoms with Gasteiger partial charge in [-0.1, -0.05) is 12.1 Å². The quantitative estimate of drug-likeness (QED) is 0.430. The zero-order chi connectivity index (χ0) is 23.5. The molecule has 168 valence electrons. The second-order valence-electron chi connectivity index (χ2n) is 6.97. The Morgan fingerprint density at radius 2 is 1.70 bits per heavy atom. The standard InChI is InChI=1S/C23H17F2N3O4S/c1-2-32-23(31)20-17-12-33-21(26-18(29)11-13-3-5-14(24)6-4-13)19(17)22(30)28(27-20)16-9-7-15(25)8-10-16/h3-10,12H,2,11H2,1H3,(H,26,29). The Morgan fingerprint density at radius 3 is 2.33 bits per heavy atom. The molecule has 4 rings (SSSR count). The SMILES string of the molecule is CCOC(=O)c1nn(-c2ccc(F)cc2)c(=O)c2c(NC(=O)Cc3ccc(F)cc3)scc12. The number of fused-ring (bicyclic) bond motifs is 1. The van der Waals surface area contributed by atoms with Gasteiger partial charge in [0.05, 0.1) is 24.1 Å². The molecule has 0 aliphatic carbocycles.